The van der Waals surface area contributed by atoms with E-state index in [1.165, 1.54) is 7.11 Å². The van der Waals surface area contributed by atoms with Crippen molar-refractivity contribution in [1.29, 1.82) is 0 Å². The number of ether oxygens (including phenoxy) is 5. The Bertz CT molecular complexity index is 817. The van der Waals surface area contributed by atoms with Crippen LogP contribution in [0.25, 0.3) is 0 Å². The summed E-state index contributed by atoms with van der Waals surface area (Å²) in [5.41, 5.74) is -0.133. The smallest absolute Gasteiger partial charge is 0.343 e. The molecular weight excluding hydrogens is 388 g/mol. The number of rotatable bonds is 6. The van der Waals surface area contributed by atoms with E-state index >= 15 is 0 Å². The van der Waals surface area contributed by atoms with Gasteiger partial charge in [0, 0.05) is 6.42 Å². The number of esters is 2. The van der Waals surface area contributed by atoms with Gasteiger partial charge in [-0.15, -0.1) is 0 Å². The third kappa shape index (κ3) is 4.91. The minimum Gasteiger partial charge on any atom is -0.466 e. The molecule has 2 aliphatic rings. The quantitative estimate of drug-likeness (QED) is 0.655. The zero-order valence-corrected chi connectivity index (χ0v) is 18.2. The lowest BCUT2D eigenvalue weighted by Gasteiger charge is -2.31. The SMILES string of the molecule is COC(=O)C1=C[C@](CCC2OCCO2)(C(=O)OC(C)(C)C)O[C@@H]1c1ccccc1C. The molecule has 0 spiro atoms. The van der Waals surface area contributed by atoms with E-state index in [1.54, 1.807) is 26.8 Å². The highest BCUT2D eigenvalue weighted by Crippen LogP contribution is 2.44. The highest BCUT2D eigenvalue weighted by atomic mass is 16.7. The Hall–Kier alpha value is -2.22. The normalized spacial score (nSPS) is 24.6. The number of carbonyl (C=O) groups is 2. The molecule has 1 saturated heterocycles. The first-order chi connectivity index (χ1) is 14.1. The minimum absolute atomic E-state index is 0.245. The van der Waals surface area contributed by atoms with Gasteiger partial charge in [0.2, 0.25) is 0 Å². The van der Waals surface area contributed by atoms with Crippen LogP contribution < -0.4 is 0 Å². The van der Waals surface area contributed by atoms with Gasteiger partial charge in [-0.05, 0) is 51.3 Å². The molecule has 7 nitrogen and oxygen atoms in total. The van der Waals surface area contributed by atoms with Crippen LogP contribution in [0, 0.1) is 6.92 Å². The van der Waals surface area contributed by atoms with E-state index in [2.05, 4.69) is 0 Å². The summed E-state index contributed by atoms with van der Waals surface area (Å²) in [6.45, 7) is 8.34. The third-order valence-electron chi connectivity index (χ3n) is 5.08. The van der Waals surface area contributed by atoms with Crippen LogP contribution in [0.4, 0.5) is 0 Å². The Kier molecular flexibility index (Phi) is 6.65. The average molecular weight is 418 g/mol. The topological polar surface area (TPSA) is 80.3 Å². The summed E-state index contributed by atoms with van der Waals surface area (Å²) < 4.78 is 28.0. The molecule has 1 aromatic rings. The maximum Gasteiger partial charge on any atom is 0.343 e. The predicted molar refractivity (Wildman–Crippen MR) is 109 cm³/mol. The van der Waals surface area contributed by atoms with Crippen molar-refractivity contribution in [2.75, 3.05) is 20.3 Å². The van der Waals surface area contributed by atoms with E-state index in [1.807, 2.05) is 31.2 Å². The number of hydrogen-bond donors (Lipinski definition) is 0. The second-order valence-corrected chi connectivity index (χ2v) is 8.55. The molecule has 0 unspecified atom stereocenters. The molecular formula is C23H30O7. The highest BCUT2D eigenvalue weighted by molar-refractivity contribution is 5.94. The number of methoxy groups -OCH3 is 1. The maximum absolute atomic E-state index is 13.3. The summed E-state index contributed by atoms with van der Waals surface area (Å²) >= 11 is 0. The molecule has 2 atom stereocenters. The van der Waals surface area contributed by atoms with E-state index in [4.69, 9.17) is 23.7 Å². The number of aryl methyl sites for hydroxylation is 1. The van der Waals surface area contributed by atoms with E-state index in [9.17, 15) is 9.59 Å². The van der Waals surface area contributed by atoms with Crippen LogP contribution in [-0.4, -0.2) is 49.8 Å². The Morgan fingerprint density at radius 3 is 2.43 bits per heavy atom. The van der Waals surface area contributed by atoms with Gasteiger partial charge in [-0.1, -0.05) is 24.3 Å². The summed E-state index contributed by atoms with van der Waals surface area (Å²) in [6, 6.07) is 7.59. The summed E-state index contributed by atoms with van der Waals surface area (Å²) in [6.07, 6.45) is 1.07. The van der Waals surface area contributed by atoms with Gasteiger partial charge in [0.15, 0.2) is 11.9 Å². The molecule has 0 aliphatic carbocycles. The molecule has 1 fully saturated rings. The van der Waals surface area contributed by atoms with Crippen molar-refractivity contribution < 1.29 is 33.3 Å². The van der Waals surface area contributed by atoms with Gasteiger partial charge in [-0.2, -0.15) is 0 Å². The third-order valence-corrected chi connectivity index (χ3v) is 5.08. The lowest BCUT2D eigenvalue weighted by Crippen LogP contribution is -2.43. The van der Waals surface area contributed by atoms with Crippen molar-refractivity contribution in [3.05, 3.63) is 47.0 Å². The predicted octanol–water partition coefficient (Wildman–Crippen LogP) is 3.40. The average Bonchev–Trinajstić information content (AvgIpc) is 3.33. The van der Waals surface area contributed by atoms with Crippen LogP contribution in [0.3, 0.4) is 0 Å². The van der Waals surface area contributed by atoms with E-state index in [0.717, 1.165) is 11.1 Å². The second kappa shape index (κ2) is 8.88. The number of hydrogen-bond acceptors (Lipinski definition) is 7. The van der Waals surface area contributed by atoms with Gasteiger partial charge in [0.1, 0.15) is 11.7 Å². The number of benzene rings is 1. The molecule has 0 saturated carbocycles. The molecule has 7 heteroatoms. The molecule has 0 radical (unpaired) electrons. The second-order valence-electron chi connectivity index (χ2n) is 8.55. The van der Waals surface area contributed by atoms with Crippen molar-refractivity contribution in [1.82, 2.24) is 0 Å². The molecule has 2 aliphatic heterocycles. The summed E-state index contributed by atoms with van der Waals surface area (Å²) in [4.78, 5) is 25.9. The molecule has 0 N–H and O–H groups in total. The first-order valence-electron chi connectivity index (χ1n) is 10.2. The Morgan fingerprint density at radius 2 is 1.83 bits per heavy atom. The van der Waals surface area contributed by atoms with E-state index in [0.29, 0.717) is 19.6 Å². The van der Waals surface area contributed by atoms with Gasteiger partial charge in [0.25, 0.3) is 0 Å². The van der Waals surface area contributed by atoms with Crippen LogP contribution in [0.2, 0.25) is 0 Å². The summed E-state index contributed by atoms with van der Waals surface area (Å²) in [5.74, 6) is -1.09. The van der Waals surface area contributed by atoms with Gasteiger partial charge >= 0.3 is 11.9 Å². The van der Waals surface area contributed by atoms with E-state index in [-0.39, 0.29) is 12.0 Å². The largest absolute Gasteiger partial charge is 0.466 e. The Labute approximate surface area is 177 Å². The monoisotopic (exact) mass is 418 g/mol. The van der Waals surface area contributed by atoms with Crippen molar-refractivity contribution in [2.45, 2.75) is 64.1 Å². The fourth-order valence-electron chi connectivity index (χ4n) is 3.64. The zero-order chi connectivity index (χ0) is 21.9. The molecule has 30 heavy (non-hydrogen) atoms. The zero-order valence-electron chi connectivity index (χ0n) is 18.2. The van der Waals surface area contributed by atoms with Crippen LogP contribution >= 0.6 is 0 Å². The maximum atomic E-state index is 13.3. The van der Waals surface area contributed by atoms with Crippen molar-refractivity contribution in [3.8, 4) is 0 Å². The number of carbonyl (C=O) groups excluding carboxylic acids is 2. The lowest BCUT2D eigenvalue weighted by atomic mass is 9.94. The van der Waals surface area contributed by atoms with Crippen molar-refractivity contribution in [2.24, 2.45) is 0 Å². The molecule has 0 bridgehead atoms. The molecule has 2 heterocycles. The lowest BCUT2D eigenvalue weighted by molar-refractivity contribution is -0.182. The van der Waals surface area contributed by atoms with Gasteiger partial charge < -0.3 is 23.7 Å². The van der Waals surface area contributed by atoms with Crippen LogP contribution in [-0.2, 0) is 33.3 Å². The van der Waals surface area contributed by atoms with Crippen LogP contribution in [0.15, 0.2) is 35.9 Å². The van der Waals surface area contributed by atoms with Crippen LogP contribution in [0.1, 0.15) is 50.8 Å². The summed E-state index contributed by atoms with van der Waals surface area (Å²) in [7, 11) is 1.31. The van der Waals surface area contributed by atoms with Gasteiger partial charge in [-0.3, -0.25) is 0 Å². The highest BCUT2D eigenvalue weighted by Gasteiger charge is 2.51. The fraction of sp³-hybridized carbons (Fsp3) is 0.565. The minimum atomic E-state index is -1.45. The van der Waals surface area contributed by atoms with Gasteiger partial charge in [-0.25, -0.2) is 9.59 Å². The van der Waals surface area contributed by atoms with Crippen LogP contribution in [0.5, 0.6) is 0 Å². The molecule has 3 rings (SSSR count). The van der Waals surface area contributed by atoms with E-state index < -0.39 is 35.5 Å². The van der Waals surface area contributed by atoms with Gasteiger partial charge in [0.05, 0.1) is 25.9 Å². The molecule has 0 aromatic heterocycles. The molecule has 1 aromatic carbocycles. The van der Waals surface area contributed by atoms with Crippen molar-refractivity contribution >= 4 is 11.9 Å². The molecule has 0 amide bonds. The van der Waals surface area contributed by atoms with Crippen molar-refractivity contribution in [3.63, 3.8) is 0 Å². The fourth-order valence-corrected chi connectivity index (χ4v) is 3.64. The molecule has 164 valence electrons. The Balaban J connectivity index is 1.99. The standard InChI is InChI=1S/C23H30O7/c1-15-8-6-7-9-16(15)19-17(20(24)26-5)14-23(29-19,21(25)30-22(2,3)4)11-10-18-27-12-13-28-18/h6-9,14,18-19H,10-13H2,1-5H3/t19-,23-/m1/s1. The Morgan fingerprint density at radius 1 is 1.17 bits per heavy atom. The first-order valence-corrected chi connectivity index (χ1v) is 10.2. The summed E-state index contributed by atoms with van der Waals surface area (Å²) in [5, 5.41) is 0. The first kappa shape index (κ1) is 22.5.